The van der Waals surface area contributed by atoms with Gasteiger partial charge in [0.05, 0.1) is 19.4 Å². The molecule has 0 saturated carbocycles. The van der Waals surface area contributed by atoms with Gasteiger partial charge in [-0.1, -0.05) is 23.9 Å². The third-order valence-corrected chi connectivity index (χ3v) is 4.00. The molecule has 2 aromatic rings. The van der Waals surface area contributed by atoms with E-state index in [1.807, 2.05) is 30.3 Å². The maximum atomic E-state index is 12.1. The summed E-state index contributed by atoms with van der Waals surface area (Å²) < 4.78 is 34.8. The highest BCUT2D eigenvalue weighted by Gasteiger charge is 2.07. The molecule has 3 N–H and O–H groups in total. The van der Waals surface area contributed by atoms with Crippen molar-refractivity contribution >= 4 is 23.7 Å². The van der Waals surface area contributed by atoms with Crippen LogP contribution in [0.4, 0.5) is 8.78 Å². The molecule has 0 unspecified atom stereocenters. The predicted octanol–water partition coefficient (Wildman–Crippen LogP) is 3.23. The minimum atomic E-state index is -2.36. The normalized spacial score (nSPS) is 10.3. The fourth-order valence-corrected chi connectivity index (χ4v) is 2.42. The van der Waals surface area contributed by atoms with Crippen LogP contribution in [0.25, 0.3) is 0 Å². The molecule has 0 fully saturated rings. The van der Waals surface area contributed by atoms with Gasteiger partial charge in [0.25, 0.3) is 5.76 Å². The number of nitrogens with one attached hydrogen (secondary N) is 1. The Kier molecular flexibility index (Phi) is 10.7. The molecule has 0 aliphatic heterocycles. The van der Waals surface area contributed by atoms with Crippen LogP contribution in [0.3, 0.4) is 0 Å². The lowest BCUT2D eigenvalue weighted by Gasteiger charge is -2.05. The maximum absolute atomic E-state index is 12.1. The van der Waals surface area contributed by atoms with E-state index < -0.39 is 17.7 Å². The van der Waals surface area contributed by atoms with Crippen LogP contribution >= 0.6 is 11.8 Å². The molecule has 0 aliphatic rings. The molecule has 0 atom stereocenters. The number of thioether (sulfide) groups is 1. The standard InChI is InChI=1S/C16H19F2NO2S.C2H2O4/c1-20-13-4-2-12(3-5-13)8-9-19-10-14-6-7-15(21-14)11-22-16(17)18;3-1(4)2(5)6/h2-7,16,19H,8-11H2,1H3;(H,3,4)(H,5,6). The van der Waals surface area contributed by atoms with Crippen LogP contribution in [0.15, 0.2) is 40.8 Å². The Hall–Kier alpha value is -2.59. The first-order valence-electron chi connectivity index (χ1n) is 8.09. The molecule has 154 valence electrons. The molecule has 7 nitrogen and oxygen atoms in total. The third kappa shape index (κ3) is 9.93. The summed E-state index contributed by atoms with van der Waals surface area (Å²) in [5.74, 6) is -3.62. The lowest BCUT2D eigenvalue weighted by atomic mass is 10.1. The van der Waals surface area contributed by atoms with E-state index in [1.54, 1.807) is 13.2 Å². The van der Waals surface area contributed by atoms with E-state index in [-0.39, 0.29) is 5.75 Å². The summed E-state index contributed by atoms with van der Waals surface area (Å²) in [4.78, 5) is 18.2. The van der Waals surface area contributed by atoms with Gasteiger partial charge >= 0.3 is 11.9 Å². The Morgan fingerprint density at radius 1 is 1.11 bits per heavy atom. The van der Waals surface area contributed by atoms with Gasteiger partial charge in [-0.2, -0.15) is 8.78 Å². The summed E-state index contributed by atoms with van der Waals surface area (Å²) in [5, 5.41) is 18.1. The van der Waals surface area contributed by atoms with Crippen molar-refractivity contribution in [3.05, 3.63) is 53.5 Å². The Balaban J connectivity index is 0.000000568. The number of carboxylic acids is 2. The number of halogens is 2. The molecule has 0 radical (unpaired) electrons. The molecular formula is C18H21F2NO6S. The van der Waals surface area contributed by atoms with Gasteiger partial charge < -0.3 is 24.7 Å². The van der Waals surface area contributed by atoms with Crippen LogP contribution in [0.5, 0.6) is 5.75 Å². The Bertz CT molecular complexity index is 724. The first-order valence-corrected chi connectivity index (χ1v) is 9.14. The van der Waals surface area contributed by atoms with E-state index in [2.05, 4.69) is 5.32 Å². The van der Waals surface area contributed by atoms with Crippen molar-refractivity contribution in [1.82, 2.24) is 5.32 Å². The molecule has 28 heavy (non-hydrogen) atoms. The first kappa shape index (κ1) is 23.4. The molecule has 2 rings (SSSR count). The molecule has 0 amide bonds. The summed E-state index contributed by atoms with van der Waals surface area (Å²) in [5.41, 5.74) is 1.22. The smallest absolute Gasteiger partial charge is 0.414 e. The molecule has 0 bridgehead atoms. The second-order valence-electron chi connectivity index (χ2n) is 5.32. The molecule has 1 aromatic heterocycles. The number of carbonyl (C=O) groups is 2. The number of alkyl halides is 2. The second-order valence-corrected chi connectivity index (χ2v) is 6.30. The zero-order valence-electron chi connectivity index (χ0n) is 15.1. The van der Waals surface area contributed by atoms with E-state index in [9.17, 15) is 8.78 Å². The Morgan fingerprint density at radius 3 is 2.25 bits per heavy atom. The molecule has 0 aliphatic carbocycles. The van der Waals surface area contributed by atoms with Crippen LogP contribution in [-0.2, 0) is 28.3 Å². The summed E-state index contributed by atoms with van der Waals surface area (Å²) in [7, 11) is 1.65. The molecule has 1 heterocycles. The molecule has 1 aromatic carbocycles. The summed E-state index contributed by atoms with van der Waals surface area (Å²) in [6.07, 6.45) is 0.902. The lowest BCUT2D eigenvalue weighted by molar-refractivity contribution is -0.159. The quantitative estimate of drug-likeness (QED) is 0.422. The van der Waals surface area contributed by atoms with Gasteiger partial charge in [-0.3, -0.25) is 0 Å². The SMILES string of the molecule is COc1ccc(CCNCc2ccc(CSC(F)F)o2)cc1.O=C(O)C(=O)O. The Morgan fingerprint density at radius 2 is 1.71 bits per heavy atom. The van der Waals surface area contributed by atoms with Gasteiger partial charge in [0.15, 0.2) is 0 Å². The van der Waals surface area contributed by atoms with Crippen LogP contribution in [0, 0.1) is 0 Å². The summed E-state index contributed by atoms with van der Waals surface area (Å²) in [6, 6.07) is 11.5. The number of ether oxygens (including phenoxy) is 1. The lowest BCUT2D eigenvalue weighted by Crippen LogP contribution is -2.16. The largest absolute Gasteiger partial charge is 0.497 e. The minimum Gasteiger partial charge on any atom is -0.497 e. The number of hydrogen-bond acceptors (Lipinski definition) is 6. The topological polar surface area (TPSA) is 109 Å². The van der Waals surface area contributed by atoms with Crippen molar-refractivity contribution in [2.24, 2.45) is 0 Å². The number of furan rings is 1. The van der Waals surface area contributed by atoms with Gasteiger partial charge in [0.2, 0.25) is 0 Å². The average molecular weight is 417 g/mol. The van der Waals surface area contributed by atoms with Gasteiger partial charge in [0, 0.05) is 0 Å². The number of carboxylic acid groups (broad SMARTS) is 2. The van der Waals surface area contributed by atoms with Crippen molar-refractivity contribution in [3.63, 3.8) is 0 Å². The van der Waals surface area contributed by atoms with E-state index in [0.717, 1.165) is 24.5 Å². The van der Waals surface area contributed by atoms with Crippen molar-refractivity contribution in [3.8, 4) is 5.75 Å². The zero-order chi connectivity index (χ0) is 20.9. The van der Waals surface area contributed by atoms with Crippen molar-refractivity contribution in [2.75, 3.05) is 13.7 Å². The minimum absolute atomic E-state index is 0.198. The number of rotatable bonds is 9. The predicted molar refractivity (Wildman–Crippen MR) is 99.7 cm³/mol. The van der Waals surface area contributed by atoms with E-state index in [1.165, 1.54) is 5.56 Å². The Labute approximate surface area is 164 Å². The fraction of sp³-hybridized carbons (Fsp3) is 0.333. The highest BCUT2D eigenvalue weighted by atomic mass is 32.2. The zero-order valence-corrected chi connectivity index (χ0v) is 15.9. The highest BCUT2D eigenvalue weighted by molar-refractivity contribution is 7.98. The van der Waals surface area contributed by atoms with E-state index >= 15 is 0 Å². The van der Waals surface area contributed by atoms with Gasteiger partial charge in [-0.05, 0) is 42.8 Å². The fourth-order valence-electron chi connectivity index (χ4n) is 1.98. The molecule has 10 heteroatoms. The first-order chi connectivity index (χ1) is 13.3. The second kappa shape index (κ2) is 12.7. The third-order valence-electron chi connectivity index (χ3n) is 3.30. The monoisotopic (exact) mass is 417 g/mol. The van der Waals surface area contributed by atoms with Crippen LogP contribution < -0.4 is 10.1 Å². The van der Waals surface area contributed by atoms with Crippen molar-refractivity contribution in [2.45, 2.75) is 24.5 Å². The van der Waals surface area contributed by atoms with Crippen molar-refractivity contribution < 1.29 is 37.7 Å². The highest BCUT2D eigenvalue weighted by Crippen LogP contribution is 2.21. The number of benzene rings is 1. The maximum Gasteiger partial charge on any atom is 0.414 e. The molecule has 0 spiro atoms. The van der Waals surface area contributed by atoms with Gasteiger partial charge in [-0.25, -0.2) is 9.59 Å². The number of methoxy groups -OCH3 is 1. The van der Waals surface area contributed by atoms with Crippen molar-refractivity contribution in [1.29, 1.82) is 0 Å². The average Bonchev–Trinajstić information content (AvgIpc) is 3.12. The van der Waals surface area contributed by atoms with E-state index in [4.69, 9.17) is 29.0 Å². The molecular weight excluding hydrogens is 396 g/mol. The number of hydrogen-bond donors (Lipinski definition) is 3. The summed E-state index contributed by atoms with van der Waals surface area (Å²) >= 11 is 0.569. The number of aliphatic carboxylic acids is 2. The van der Waals surface area contributed by atoms with Crippen LogP contribution in [0.1, 0.15) is 17.1 Å². The molecule has 0 saturated heterocycles. The summed E-state index contributed by atoms with van der Waals surface area (Å²) in [6.45, 7) is 1.41. The van der Waals surface area contributed by atoms with Gasteiger partial charge in [-0.15, -0.1) is 0 Å². The van der Waals surface area contributed by atoms with E-state index in [0.29, 0.717) is 24.1 Å². The van der Waals surface area contributed by atoms with Crippen LogP contribution in [-0.4, -0.2) is 41.6 Å². The van der Waals surface area contributed by atoms with Crippen LogP contribution in [0.2, 0.25) is 0 Å². The van der Waals surface area contributed by atoms with Gasteiger partial charge in [0.1, 0.15) is 17.3 Å².